The Morgan fingerprint density at radius 2 is 1.37 bits per heavy atom. The van der Waals surface area contributed by atoms with E-state index >= 15 is 0 Å². The number of nitrogens with zero attached hydrogens (tertiary/aromatic N) is 1. The highest BCUT2D eigenvalue weighted by Gasteiger charge is 2.55. The molecule has 0 aliphatic carbocycles. The maximum absolute atomic E-state index is 13.3. The van der Waals surface area contributed by atoms with Crippen LogP contribution in [0.2, 0.25) is 0 Å². The fourth-order valence-corrected chi connectivity index (χ4v) is 7.52. The summed E-state index contributed by atoms with van der Waals surface area (Å²) in [5.41, 5.74) is -2.59. The van der Waals surface area contributed by atoms with E-state index in [1.807, 2.05) is 0 Å². The average molecular weight is 456 g/mol. The Morgan fingerprint density at radius 1 is 0.967 bits per heavy atom. The monoisotopic (exact) mass is 455 g/mol. The summed E-state index contributed by atoms with van der Waals surface area (Å²) in [6.07, 6.45) is -1.12. The molecule has 0 saturated carbocycles. The summed E-state index contributed by atoms with van der Waals surface area (Å²) in [6, 6.07) is 13.4. The molecule has 0 amide bonds. The third-order valence-electron chi connectivity index (χ3n) is 4.52. The first-order chi connectivity index (χ1) is 14.0. The lowest BCUT2D eigenvalue weighted by molar-refractivity contribution is -0.551. The number of rotatable bonds is 9. The normalized spacial score (nSPS) is 14.1. The Bertz CT molecular complexity index is 1050. The summed E-state index contributed by atoms with van der Waals surface area (Å²) in [4.78, 5) is 22.4. The molecule has 0 saturated heterocycles. The molecular formula is C19H21NO8S2. The van der Waals surface area contributed by atoms with Crippen LogP contribution < -0.4 is 0 Å². The quantitative estimate of drug-likeness (QED) is 0.319. The molecule has 0 bridgehead atoms. The summed E-state index contributed by atoms with van der Waals surface area (Å²) in [5.74, 6) is -1.31. The summed E-state index contributed by atoms with van der Waals surface area (Å²) < 4.78 is 55.6. The van der Waals surface area contributed by atoms with Gasteiger partial charge in [-0.1, -0.05) is 36.4 Å². The van der Waals surface area contributed by atoms with Crippen LogP contribution in [0, 0.1) is 10.1 Å². The molecule has 162 valence electrons. The van der Waals surface area contributed by atoms with Crippen LogP contribution in [0.1, 0.15) is 20.3 Å². The molecule has 30 heavy (non-hydrogen) atoms. The van der Waals surface area contributed by atoms with Gasteiger partial charge in [0.1, 0.15) is 0 Å². The predicted octanol–water partition coefficient (Wildman–Crippen LogP) is 2.25. The number of sulfone groups is 2. The number of nitro groups is 1. The standard InChI is InChI=1S/C19H21NO8S2/c1-3-28-18(21)19(2,20(22)23)14-17(29(24,25)15-10-6-4-7-11-15)30(26,27)16-12-8-5-9-13-16/h4-13,17H,3,14H2,1-2H3. The van der Waals surface area contributed by atoms with Crippen LogP contribution in [-0.2, 0) is 29.2 Å². The summed E-state index contributed by atoms with van der Waals surface area (Å²) in [6.45, 7) is 2.10. The summed E-state index contributed by atoms with van der Waals surface area (Å²) in [5, 5.41) is 11.7. The number of hydrogen-bond donors (Lipinski definition) is 0. The van der Waals surface area contributed by atoms with E-state index in [1.54, 1.807) is 12.1 Å². The van der Waals surface area contributed by atoms with E-state index in [9.17, 15) is 31.7 Å². The molecule has 11 heteroatoms. The largest absolute Gasteiger partial charge is 0.461 e. The second kappa shape index (κ2) is 8.92. The van der Waals surface area contributed by atoms with Crippen molar-refractivity contribution >= 4 is 25.6 Å². The van der Waals surface area contributed by atoms with E-state index < -0.39 is 47.1 Å². The van der Waals surface area contributed by atoms with Gasteiger partial charge >= 0.3 is 11.5 Å². The number of carbonyl (C=O) groups excluding carboxylic acids is 1. The predicted molar refractivity (Wildman–Crippen MR) is 108 cm³/mol. The van der Waals surface area contributed by atoms with E-state index in [0.717, 1.165) is 6.92 Å². The Kier molecular flexibility index (Phi) is 6.99. The van der Waals surface area contributed by atoms with Gasteiger partial charge in [0.25, 0.3) is 0 Å². The lowest BCUT2D eigenvalue weighted by Gasteiger charge is -2.25. The van der Waals surface area contributed by atoms with Crippen molar-refractivity contribution in [2.24, 2.45) is 0 Å². The van der Waals surface area contributed by atoms with Crippen molar-refractivity contribution in [2.75, 3.05) is 6.61 Å². The zero-order valence-corrected chi connectivity index (χ0v) is 17.9. The molecule has 0 aliphatic rings. The topological polar surface area (TPSA) is 138 Å². The first-order valence-corrected chi connectivity index (χ1v) is 12.0. The maximum atomic E-state index is 13.3. The second-order valence-electron chi connectivity index (χ2n) is 6.60. The highest BCUT2D eigenvalue weighted by atomic mass is 32.3. The van der Waals surface area contributed by atoms with Crippen LogP contribution in [0.3, 0.4) is 0 Å². The second-order valence-corrected chi connectivity index (χ2v) is 11.2. The zero-order valence-electron chi connectivity index (χ0n) is 16.3. The highest BCUT2D eigenvalue weighted by molar-refractivity contribution is 8.09. The maximum Gasteiger partial charge on any atom is 0.384 e. The fourth-order valence-electron chi connectivity index (χ4n) is 2.75. The highest BCUT2D eigenvalue weighted by Crippen LogP contribution is 2.33. The van der Waals surface area contributed by atoms with Crippen molar-refractivity contribution in [3.63, 3.8) is 0 Å². The average Bonchev–Trinajstić information content (AvgIpc) is 2.72. The van der Waals surface area contributed by atoms with Crippen LogP contribution >= 0.6 is 0 Å². The van der Waals surface area contributed by atoms with Crippen molar-refractivity contribution < 1.29 is 31.3 Å². The van der Waals surface area contributed by atoms with Crippen molar-refractivity contribution in [3.05, 3.63) is 70.8 Å². The summed E-state index contributed by atoms with van der Waals surface area (Å²) in [7, 11) is -9.24. The van der Waals surface area contributed by atoms with Crippen LogP contribution in [0.4, 0.5) is 0 Å². The van der Waals surface area contributed by atoms with Gasteiger partial charge in [-0.15, -0.1) is 0 Å². The van der Waals surface area contributed by atoms with Crippen LogP contribution in [-0.4, -0.2) is 44.5 Å². The van der Waals surface area contributed by atoms with Crippen LogP contribution in [0.15, 0.2) is 70.5 Å². The molecule has 0 spiro atoms. The molecule has 2 rings (SSSR count). The molecule has 2 aromatic rings. The Balaban J connectivity index is 2.71. The number of hydrogen-bond acceptors (Lipinski definition) is 8. The van der Waals surface area contributed by atoms with Gasteiger partial charge in [0.2, 0.25) is 0 Å². The lowest BCUT2D eigenvalue weighted by atomic mass is 10.0. The molecule has 9 nitrogen and oxygen atoms in total. The van der Waals surface area contributed by atoms with E-state index in [-0.39, 0.29) is 16.4 Å². The van der Waals surface area contributed by atoms with Gasteiger partial charge in [-0.25, -0.2) is 21.6 Å². The smallest absolute Gasteiger partial charge is 0.384 e. The number of esters is 1. The van der Waals surface area contributed by atoms with Gasteiger partial charge in [-0.3, -0.25) is 10.1 Å². The number of ether oxygens (including phenoxy) is 1. The van der Waals surface area contributed by atoms with E-state index in [4.69, 9.17) is 4.74 Å². The Labute approximate surface area is 174 Å². The fraction of sp³-hybridized carbons (Fsp3) is 0.316. The minimum absolute atomic E-state index is 0.191. The molecule has 1 unspecified atom stereocenters. The minimum atomic E-state index is -4.62. The Hall–Kier alpha value is -2.79. The lowest BCUT2D eigenvalue weighted by Crippen LogP contribution is -2.50. The van der Waals surface area contributed by atoms with Crippen molar-refractivity contribution in [1.29, 1.82) is 0 Å². The number of carbonyl (C=O) groups is 1. The van der Waals surface area contributed by atoms with Gasteiger partial charge in [-0.05, 0) is 31.2 Å². The number of benzene rings is 2. The molecule has 0 N–H and O–H groups in total. The van der Waals surface area contributed by atoms with Gasteiger partial charge in [0.05, 0.1) is 22.8 Å². The van der Waals surface area contributed by atoms with Crippen molar-refractivity contribution in [2.45, 2.75) is 40.2 Å². The molecule has 2 aromatic carbocycles. The van der Waals surface area contributed by atoms with E-state index in [2.05, 4.69) is 0 Å². The van der Waals surface area contributed by atoms with Gasteiger partial charge in [0, 0.05) is 11.8 Å². The molecule has 0 radical (unpaired) electrons. The molecule has 0 fully saturated rings. The minimum Gasteiger partial charge on any atom is -0.461 e. The van der Waals surface area contributed by atoms with Gasteiger partial charge in [0.15, 0.2) is 24.3 Å². The Morgan fingerprint density at radius 3 is 1.70 bits per heavy atom. The van der Waals surface area contributed by atoms with Gasteiger partial charge in [-0.2, -0.15) is 0 Å². The van der Waals surface area contributed by atoms with Crippen LogP contribution in [0.25, 0.3) is 0 Å². The molecular weight excluding hydrogens is 434 g/mol. The van der Waals surface area contributed by atoms with Crippen molar-refractivity contribution in [3.8, 4) is 0 Å². The SMILES string of the molecule is CCOC(=O)C(C)(CC(S(=O)(=O)c1ccccc1)S(=O)(=O)c1ccccc1)[N+](=O)[O-]. The first kappa shape index (κ1) is 23.5. The van der Waals surface area contributed by atoms with Crippen LogP contribution in [0.5, 0.6) is 0 Å². The summed E-state index contributed by atoms with van der Waals surface area (Å²) >= 11 is 0. The third kappa shape index (κ3) is 4.51. The molecule has 0 aliphatic heterocycles. The molecule has 1 atom stereocenters. The zero-order chi connectivity index (χ0) is 22.6. The molecule has 0 aromatic heterocycles. The van der Waals surface area contributed by atoms with E-state index in [1.165, 1.54) is 55.5 Å². The third-order valence-corrected chi connectivity index (χ3v) is 9.61. The molecule has 0 heterocycles. The van der Waals surface area contributed by atoms with E-state index in [0.29, 0.717) is 0 Å². The van der Waals surface area contributed by atoms with Gasteiger partial charge < -0.3 is 4.74 Å². The van der Waals surface area contributed by atoms with Crippen molar-refractivity contribution in [1.82, 2.24) is 0 Å². The first-order valence-electron chi connectivity index (χ1n) is 8.87.